The van der Waals surface area contributed by atoms with E-state index in [1.54, 1.807) is 0 Å². The van der Waals surface area contributed by atoms with Gasteiger partial charge in [0, 0.05) is 38.5 Å². The van der Waals surface area contributed by atoms with Gasteiger partial charge in [-0.05, 0) is 218 Å². The highest BCUT2D eigenvalue weighted by Crippen LogP contribution is 2.22. The number of hydrogen-bond acceptors (Lipinski definition) is 19. The highest BCUT2D eigenvalue weighted by Gasteiger charge is 2.14. The molecule has 0 aromatic heterocycles. The molecule has 0 heterocycles. The van der Waals surface area contributed by atoms with Crippen molar-refractivity contribution in [3.8, 4) is 0 Å². The molecule has 0 spiro atoms. The van der Waals surface area contributed by atoms with Crippen LogP contribution in [0.4, 0.5) is 0 Å². The van der Waals surface area contributed by atoms with Gasteiger partial charge in [0.2, 0.25) is 0 Å². The second-order valence-corrected chi connectivity index (χ2v) is 41.6. The number of carbonyl (C=O) groups is 6. The van der Waals surface area contributed by atoms with Crippen molar-refractivity contribution in [3.63, 3.8) is 0 Å². The lowest BCUT2D eigenvalue weighted by atomic mass is 10.0. The average Bonchev–Trinajstić information content (AvgIpc) is 1.05. The molecule has 6 N–H and O–H groups in total. The van der Waals surface area contributed by atoms with Crippen LogP contribution in [-0.4, -0.2) is 156 Å². The maximum atomic E-state index is 12.0. The largest absolute Gasteiger partial charge is 0.466 e. The van der Waals surface area contributed by atoms with Gasteiger partial charge in [0.15, 0.2) is 0 Å². The van der Waals surface area contributed by atoms with Gasteiger partial charge in [-0.2, -0.15) is 0 Å². The Balaban J connectivity index is -0.00000206. The van der Waals surface area contributed by atoms with E-state index in [1.165, 1.54) is 218 Å². The van der Waals surface area contributed by atoms with E-state index in [0.717, 1.165) is 321 Å². The van der Waals surface area contributed by atoms with Crippen molar-refractivity contribution in [2.45, 2.75) is 656 Å². The first-order chi connectivity index (χ1) is 70.0. The Labute approximate surface area is 880 Å². The molecule has 0 rings (SSSR count). The van der Waals surface area contributed by atoms with Crippen LogP contribution in [0.5, 0.6) is 0 Å². The fourth-order valence-corrected chi connectivity index (χ4v) is 17.6. The average molecular weight is 2030 g/mol. The molecule has 0 aliphatic carbocycles. The van der Waals surface area contributed by atoms with Crippen LogP contribution >= 0.6 is 0 Å². The summed E-state index contributed by atoms with van der Waals surface area (Å²) in [6.07, 6.45) is 111. The van der Waals surface area contributed by atoms with E-state index in [-0.39, 0.29) is 85.7 Å². The van der Waals surface area contributed by atoms with Crippen molar-refractivity contribution in [1.29, 1.82) is 0 Å². The molecule has 6 unspecified atom stereocenters. The first-order valence-electron chi connectivity index (χ1n) is 61.2. The minimum Gasteiger partial charge on any atom is -0.466 e. The molecule has 0 bridgehead atoms. The number of aliphatic hydroxyl groups excluding tert-OH is 6. The molecule has 0 amide bonds. The monoisotopic (exact) mass is 2030 g/mol. The summed E-state index contributed by atoms with van der Waals surface area (Å²) in [6, 6.07) is 0. The Hall–Kier alpha value is -4.50. The van der Waals surface area contributed by atoms with Crippen LogP contribution in [0.25, 0.3) is 0 Å². The fourth-order valence-electron chi connectivity index (χ4n) is 17.6. The molecule has 0 aromatic carbocycles. The first kappa shape index (κ1) is 143. The molecule has 6 atom stereocenters. The molecular weight excluding hydrogens is 1790 g/mol. The molecule has 0 radical (unpaired) electrons. The quantitative estimate of drug-likeness (QED) is 0.0143. The summed E-state index contributed by atoms with van der Waals surface area (Å²) in [5.74, 6) is -0.687. The topological polar surface area (TPSA) is 288 Å². The Kier molecular flexibility index (Phi) is 122. The van der Waals surface area contributed by atoms with Crippen LogP contribution in [0.2, 0.25) is 0 Å². The summed E-state index contributed by atoms with van der Waals surface area (Å²) in [7, 11) is 0. The van der Waals surface area contributed by atoms with Crippen LogP contribution in [0.3, 0.4) is 0 Å². The molecule has 0 saturated heterocycles. The van der Waals surface area contributed by atoms with Crippen molar-refractivity contribution in [1.82, 2.24) is 0 Å². The van der Waals surface area contributed by atoms with Gasteiger partial charge in [-0.3, -0.25) is 28.8 Å². The molecule has 143 heavy (non-hydrogen) atoms. The minimum absolute atomic E-state index is 0.0725. The van der Waals surface area contributed by atoms with Crippen molar-refractivity contribution >= 4 is 35.8 Å². The van der Waals surface area contributed by atoms with Gasteiger partial charge in [-0.15, -0.1) is 0 Å². The van der Waals surface area contributed by atoms with Crippen LogP contribution in [0, 0.1) is 0 Å². The maximum Gasteiger partial charge on any atom is 0.305 e. The highest BCUT2D eigenvalue weighted by atomic mass is 16.6. The van der Waals surface area contributed by atoms with Crippen LogP contribution < -0.4 is 0 Å². The Morgan fingerprint density at radius 3 is 0.497 bits per heavy atom. The van der Waals surface area contributed by atoms with Gasteiger partial charge in [0.25, 0.3) is 0 Å². The minimum atomic E-state index is -0.198. The summed E-state index contributed by atoms with van der Waals surface area (Å²) in [6.45, 7) is 16.3. The van der Waals surface area contributed by atoms with Crippen molar-refractivity contribution in [2.75, 3.05) is 52.9 Å². The third kappa shape index (κ3) is 126. The van der Waals surface area contributed by atoms with Crippen molar-refractivity contribution < 1.29 is 92.6 Å². The lowest BCUT2D eigenvalue weighted by Crippen LogP contribution is -2.14. The zero-order chi connectivity index (χ0) is 105. The normalized spacial score (nSPS) is 12.9. The van der Waals surface area contributed by atoms with Gasteiger partial charge < -0.3 is 63.8 Å². The Bertz CT molecular complexity index is 2540. The maximum absolute atomic E-state index is 12.0. The van der Waals surface area contributed by atoms with E-state index < -0.39 is 0 Å². The van der Waals surface area contributed by atoms with Crippen LogP contribution in [0.15, 0.2) is 48.6 Å². The fraction of sp³-hybridized carbons (Fsp3) is 0.887. The lowest BCUT2D eigenvalue weighted by molar-refractivity contribution is -0.147. The van der Waals surface area contributed by atoms with E-state index in [0.29, 0.717) is 78.2 Å². The SMILES string of the molecule is CCCCCCC(O)C/C=C\CCCCCCCC(=O)OCCCCCCOC(=O)CCCCCCC/C=C\CC(O)CCCCCC.CCCCCCC(O)C/C=C\CCCCCCCC(=O)OCCOCCOC(=O)CCCCCCC/C=C\CC(O)CCCCCC.CCCCCCC(O)CCCCCCCCCCC(=O)OCCCCCCOC(=O)CCCCCCCCCCC(O)CCCCCC. The van der Waals surface area contributed by atoms with Crippen LogP contribution in [-0.2, 0) is 61.9 Å². The summed E-state index contributed by atoms with van der Waals surface area (Å²) >= 11 is 0. The number of ether oxygens (including phenoxy) is 7. The number of esters is 6. The van der Waals surface area contributed by atoms with Crippen LogP contribution in [0.1, 0.15) is 619 Å². The zero-order valence-electron chi connectivity index (χ0n) is 94.4. The lowest BCUT2D eigenvalue weighted by Gasteiger charge is -2.10. The second-order valence-electron chi connectivity index (χ2n) is 41.6. The highest BCUT2D eigenvalue weighted by molar-refractivity contribution is 5.71. The number of carbonyl (C=O) groups excluding carboxylic acids is 6. The van der Waals surface area contributed by atoms with E-state index in [9.17, 15) is 59.4 Å². The third-order valence-corrected chi connectivity index (χ3v) is 27.1. The number of unbranched alkanes of at least 4 members (excludes halogenated alkanes) is 58. The van der Waals surface area contributed by atoms with E-state index in [2.05, 4.69) is 90.2 Å². The van der Waals surface area contributed by atoms with Crippen molar-refractivity contribution in [3.05, 3.63) is 48.6 Å². The Morgan fingerprint density at radius 2 is 0.308 bits per heavy atom. The molecule has 0 fully saturated rings. The molecule has 844 valence electrons. The summed E-state index contributed by atoms with van der Waals surface area (Å²) in [4.78, 5) is 71.6. The smallest absolute Gasteiger partial charge is 0.305 e. The predicted octanol–water partition coefficient (Wildman–Crippen LogP) is 33.9. The number of hydrogen-bond donors (Lipinski definition) is 6. The molecule has 19 nitrogen and oxygen atoms in total. The summed E-state index contributed by atoms with van der Waals surface area (Å²) in [5.41, 5.74) is 0. The van der Waals surface area contributed by atoms with E-state index in [1.807, 2.05) is 0 Å². The molecular formula is C124H234O19. The van der Waals surface area contributed by atoms with E-state index in [4.69, 9.17) is 33.2 Å². The van der Waals surface area contributed by atoms with Crippen molar-refractivity contribution in [2.24, 2.45) is 0 Å². The molecule has 0 aromatic rings. The summed E-state index contributed by atoms with van der Waals surface area (Å²) < 4.78 is 37.4. The number of aliphatic hydroxyl groups is 6. The van der Waals surface area contributed by atoms with Gasteiger partial charge in [0.1, 0.15) is 13.2 Å². The van der Waals surface area contributed by atoms with Gasteiger partial charge in [-0.1, -0.05) is 411 Å². The van der Waals surface area contributed by atoms with E-state index >= 15 is 0 Å². The second kappa shape index (κ2) is 123. The number of rotatable bonds is 112. The molecule has 19 heteroatoms. The van der Waals surface area contributed by atoms with Gasteiger partial charge >= 0.3 is 35.8 Å². The predicted molar refractivity (Wildman–Crippen MR) is 599 cm³/mol. The standard InChI is InChI=1S/C42H82O6.C42H78O6.C40H74O7/c2*1-3-5-7-23-31-39(43)33-25-17-13-9-11-15-19-27-35-41(45)47-37-29-21-22-30-38-48-42(46)36-28-20-16-12-10-14-18-26-34-40(44)32-24-8-6-4-2;1-3-5-7-21-27-37(41)29-23-17-13-9-11-15-19-25-31-39(43)46-35-33-45-34-36-47-40(44)32-26-20-16-12-10-14-18-24-30-38(42)28-22-8-6-4-2/h39-40,43-44H,3-38H2,1-2H3;17-18,25-26,39-40,43-44H,3-16,19-24,27-38H2,1-2H3;17-18,23-24,37-38,41-42H,3-16,19-22,25-36H2,1-2H3/b;25-17-,26-18-;23-17-,24-18-. The van der Waals surface area contributed by atoms with Gasteiger partial charge in [0.05, 0.1) is 76.3 Å². The summed E-state index contributed by atoms with van der Waals surface area (Å²) in [5, 5.41) is 60.1. The third-order valence-electron chi connectivity index (χ3n) is 27.1. The molecule has 0 aliphatic heterocycles. The zero-order valence-corrected chi connectivity index (χ0v) is 94.4. The molecule has 0 saturated carbocycles. The van der Waals surface area contributed by atoms with Gasteiger partial charge in [-0.25, -0.2) is 0 Å². The number of allylic oxidation sites excluding steroid dienone is 4. The first-order valence-corrected chi connectivity index (χ1v) is 61.2. The Morgan fingerprint density at radius 1 is 0.161 bits per heavy atom. The molecule has 0 aliphatic rings.